The van der Waals surface area contributed by atoms with Gasteiger partial charge < -0.3 is 11.1 Å². The molecule has 1 aromatic carbocycles. The van der Waals surface area contributed by atoms with E-state index >= 15 is 0 Å². The number of urea groups is 1. The average molecular weight is 297 g/mol. The number of nitrogens with two attached hydrogens (primary N) is 1. The molecule has 0 aliphatic carbocycles. The first kappa shape index (κ1) is 14.8. The van der Waals surface area contributed by atoms with Crippen LogP contribution in [-0.4, -0.2) is 37.9 Å². The minimum Gasteiger partial charge on any atom is -0.352 e. The smallest absolute Gasteiger partial charge is 0.312 e. The third-order valence-corrected chi connectivity index (χ3v) is 5.40. The van der Waals surface area contributed by atoms with E-state index in [0.717, 1.165) is 19.3 Å². The number of sulfonamides is 1. The summed E-state index contributed by atoms with van der Waals surface area (Å²) in [5.41, 5.74) is 5.06. The number of nitrogens with zero attached hydrogens (tertiary/aromatic N) is 1. The van der Waals surface area contributed by atoms with Gasteiger partial charge in [0.25, 0.3) is 0 Å². The van der Waals surface area contributed by atoms with Gasteiger partial charge in [-0.05, 0) is 25.0 Å². The fourth-order valence-corrected chi connectivity index (χ4v) is 4.15. The first-order valence-electron chi connectivity index (χ1n) is 6.62. The lowest BCUT2D eigenvalue weighted by Gasteiger charge is -2.34. The molecule has 20 heavy (non-hydrogen) atoms. The number of rotatable bonds is 4. The van der Waals surface area contributed by atoms with Crippen molar-refractivity contribution in [2.45, 2.75) is 30.2 Å². The Morgan fingerprint density at radius 1 is 1.30 bits per heavy atom. The molecule has 2 rings (SSSR count). The zero-order valence-corrected chi connectivity index (χ0v) is 12.0. The summed E-state index contributed by atoms with van der Waals surface area (Å²) in [6.07, 6.45) is 2.51. The zero-order valence-electron chi connectivity index (χ0n) is 11.2. The summed E-state index contributed by atoms with van der Waals surface area (Å²) in [6, 6.07) is 7.49. The van der Waals surface area contributed by atoms with Gasteiger partial charge in [0.05, 0.1) is 4.90 Å². The van der Waals surface area contributed by atoms with Crippen LogP contribution in [0.2, 0.25) is 0 Å². The van der Waals surface area contributed by atoms with E-state index in [4.69, 9.17) is 5.73 Å². The third-order valence-electron chi connectivity index (χ3n) is 3.43. The first-order chi connectivity index (χ1) is 9.51. The quantitative estimate of drug-likeness (QED) is 0.864. The van der Waals surface area contributed by atoms with Gasteiger partial charge in [0.15, 0.2) is 0 Å². The van der Waals surface area contributed by atoms with Crippen LogP contribution in [-0.2, 0) is 10.0 Å². The number of carbonyl (C=O) groups is 1. The van der Waals surface area contributed by atoms with E-state index in [-0.39, 0.29) is 17.5 Å². The maximum absolute atomic E-state index is 12.6. The van der Waals surface area contributed by atoms with Crippen molar-refractivity contribution < 1.29 is 13.2 Å². The molecular weight excluding hydrogens is 278 g/mol. The summed E-state index contributed by atoms with van der Waals surface area (Å²) in [5.74, 6) is 0. The van der Waals surface area contributed by atoms with E-state index in [1.165, 1.54) is 4.31 Å². The number of hydrogen-bond acceptors (Lipinski definition) is 3. The van der Waals surface area contributed by atoms with Gasteiger partial charge in [0.2, 0.25) is 10.0 Å². The van der Waals surface area contributed by atoms with Crippen molar-refractivity contribution in [1.82, 2.24) is 9.62 Å². The Balaban J connectivity index is 2.21. The Bertz CT molecular complexity index is 559. The molecule has 0 aromatic heterocycles. The molecule has 1 heterocycles. The first-order valence-corrected chi connectivity index (χ1v) is 8.06. The molecule has 0 bridgehead atoms. The molecule has 1 saturated heterocycles. The molecule has 0 radical (unpaired) electrons. The summed E-state index contributed by atoms with van der Waals surface area (Å²) < 4.78 is 26.7. The van der Waals surface area contributed by atoms with Crippen LogP contribution in [0, 0.1) is 0 Å². The summed E-state index contributed by atoms with van der Waals surface area (Å²) in [5, 5.41) is 2.50. The highest BCUT2D eigenvalue weighted by molar-refractivity contribution is 7.89. The van der Waals surface area contributed by atoms with Crippen molar-refractivity contribution in [1.29, 1.82) is 0 Å². The van der Waals surface area contributed by atoms with E-state index < -0.39 is 16.1 Å². The van der Waals surface area contributed by atoms with Gasteiger partial charge in [0.1, 0.15) is 0 Å². The molecular formula is C13H19N3O3S. The van der Waals surface area contributed by atoms with Crippen LogP contribution < -0.4 is 11.1 Å². The highest BCUT2D eigenvalue weighted by atomic mass is 32.2. The Kier molecular flexibility index (Phi) is 4.61. The second kappa shape index (κ2) is 6.23. The molecule has 2 amide bonds. The van der Waals surface area contributed by atoms with Crippen LogP contribution in [0.25, 0.3) is 0 Å². The van der Waals surface area contributed by atoms with E-state index in [2.05, 4.69) is 5.32 Å². The summed E-state index contributed by atoms with van der Waals surface area (Å²) >= 11 is 0. The van der Waals surface area contributed by atoms with Crippen molar-refractivity contribution in [2.75, 3.05) is 13.1 Å². The number of amides is 2. The summed E-state index contributed by atoms with van der Waals surface area (Å²) in [4.78, 5) is 11.1. The predicted molar refractivity (Wildman–Crippen MR) is 75.6 cm³/mol. The Hall–Kier alpha value is -1.60. The molecule has 0 spiro atoms. The zero-order chi connectivity index (χ0) is 14.6. The third kappa shape index (κ3) is 3.29. The number of primary amides is 1. The molecule has 3 N–H and O–H groups in total. The van der Waals surface area contributed by atoms with Gasteiger partial charge in [-0.3, -0.25) is 0 Å². The van der Waals surface area contributed by atoms with Gasteiger partial charge in [-0.1, -0.05) is 24.6 Å². The number of hydrogen-bond donors (Lipinski definition) is 2. The maximum Gasteiger partial charge on any atom is 0.312 e. The fraction of sp³-hybridized carbons (Fsp3) is 0.462. The Morgan fingerprint density at radius 3 is 2.65 bits per heavy atom. The van der Waals surface area contributed by atoms with Gasteiger partial charge in [0, 0.05) is 19.1 Å². The number of piperidine rings is 1. The monoisotopic (exact) mass is 297 g/mol. The molecule has 1 aliphatic heterocycles. The molecule has 1 atom stereocenters. The highest BCUT2D eigenvalue weighted by Gasteiger charge is 2.33. The Morgan fingerprint density at radius 2 is 2.00 bits per heavy atom. The normalized spacial score (nSPS) is 20.5. The second-order valence-electron chi connectivity index (χ2n) is 4.82. The van der Waals surface area contributed by atoms with Gasteiger partial charge in [-0.25, -0.2) is 13.2 Å². The maximum atomic E-state index is 12.6. The van der Waals surface area contributed by atoms with Crippen LogP contribution in [0.3, 0.4) is 0 Å². The topological polar surface area (TPSA) is 92.5 Å². The summed E-state index contributed by atoms with van der Waals surface area (Å²) in [6.45, 7) is 0.726. The van der Waals surface area contributed by atoms with Crippen molar-refractivity contribution >= 4 is 16.1 Å². The van der Waals surface area contributed by atoms with Crippen molar-refractivity contribution in [2.24, 2.45) is 5.73 Å². The van der Waals surface area contributed by atoms with Crippen LogP contribution in [0.15, 0.2) is 35.2 Å². The molecule has 1 unspecified atom stereocenters. The van der Waals surface area contributed by atoms with E-state index in [9.17, 15) is 13.2 Å². The average Bonchev–Trinajstić information content (AvgIpc) is 2.46. The number of benzene rings is 1. The van der Waals surface area contributed by atoms with Crippen molar-refractivity contribution in [3.05, 3.63) is 30.3 Å². The van der Waals surface area contributed by atoms with Crippen LogP contribution >= 0.6 is 0 Å². The number of carbonyl (C=O) groups excluding carboxylic acids is 1. The fourth-order valence-electron chi connectivity index (χ4n) is 2.44. The lowest BCUT2D eigenvalue weighted by Crippen LogP contribution is -2.50. The minimum absolute atomic E-state index is 0.235. The lowest BCUT2D eigenvalue weighted by atomic mass is 10.1. The molecule has 6 nitrogen and oxygen atoms in total. The Labute approximate surface area is 119 Å². The molecule has 1 fully saturated rings. The minimum atomic E-state index is -3.52. The number of nitrogens with one attached hydrogen (secondary N) is 1. The van der Waals surface area contributed by atoms with Crippen LogP contribution in [0.1, 0.15) is 19.3 Å². The molecule has 1 aromatic rings. The van der Waals surface area contributed by atoms with Gasteiger partial charge in [-0.15, -0.1) is 0 Å². The highest BCUT2D eigenvalue weighted by Crippen LogP contribution is 2.24. The lowest BCUT2D eigenvalue weighted by molar-refractivity contribution is 0.229. The molecule has 110 valence electrons. The predicted octanol–water partition coefficient (Wildman–Crippen LogP) is 0.898. The van der Waals surface area contributed by atoms with Crippen LogP contribution in [0.4, 0.5) is 4.79 Å². The van der Waals surface area contributed by atoms with Crippen molar-refractivity contribution in [3.63, 3.8) is 0 Å². The van der Waals surface area contributed by atoms with Crippen molar-refractivity contribution in [3.8, 4) is 0 Å². The van der Waals surface area contributed by atoms with E-state index in [1.54, 1.807) is 30.3 Å². The van der Waals surface area contributed by atoms with E-state index in [0.29, 0.717) is 6.54 Å². The van der Waals surface area contributed by atoms with Crippen LogP contribution in [0.5, 0.6) is 0 Å². The molecule has 7 heteroatoms. The second-order valence-corrected chi connectivity index (χ2v) is 6.71. The largest absolute Gasteiger partial charge is 0.352 e. The summed E-state index contributed by atoms with van der Waals surface area (Å²) in [7, 11) is -3.52. The van der Waals surface area contributed by atoms with Gasteiger partial charge >= 0.3 is 6.03 Å². The SMILES string of the molecule is NC(=O)NCC1CCCCN1S(=O)(=O)c1ccccc1. The molecule has 1 aliphatic rings. The van der Waals surface area contributed by atoms with E-state index in [1.807, 2.05) is 0 Å². The molecule has 0 saturated carbocycles. The van der Waals surface area contributed by atoms with Gasteiger partial charge in [-0.2, -0.15) is 4.31 Å². The standard InChI is InChI=1S/C13H19N3O3S/c14-13(17)15-10-11-6-4-5-9-16(11)20(18,19)12-7-2-1-3-8-12/h1-3,7-8,11H,4-6,9-10H2,(H3,14,15,17).